The van der Waals surface area contributed by atoms with Crippen LogP contribution in [0.4, 0.5) is 11.4 Å². The average molecular weight is 235 g/mol. The minimum Gasteiger partial charge on any atom is -0.399 e. The molecular weight excluding hydrogens is 214 g/mol. The first kappa shape index (κ1) is 13.4. The first-order chi connectivity index (χ1) is 8.13. The molecule has 1 rings (SSSR count). The van der Waals surface area contributed by atoms with E-state index in [0.717, 1.165) is 18.8 Å². The number of carbonyl (C=O) groups is 1. The van der Waals surface area contributed by atoms with Crippen LogP contribution in [0.15, 0.2) is 18.2 Å². The van der Waals surface area contributed by atoms with E-state index in [1.165, 1.54) is 0 Å². The molecule has 4 nitrogen and oxygen atoms in total. The normalized spacial score (nSPS) is 10.1. The highest BCUT2D eigenvalue weighted by Crippen LogP contribution is 2.23. The summed E-state index contributed by atoms with van der Waals surface area (Å²) in [4.78, 5) is 14.1. The Labute approximate surface area is 103 Å². The van der Waals surface area contributed by atoms with E-state index in [-0.39, 0.29) is 5.91 Å². The summed E-state index contributed by atoms with van der Waals surface area (Å²) >= 11 is 0. The van der Waals surface area contributed by atoms with Gasteiger partial charge in [-0.3, -0.25) is 4.79 Å². The number of hydrogen-bond donors (Lipinski definition) is 2. The summed E-state index contributed by atoms with van der Waals surface area (Å²) < 4.78 is 0. The van der Waals surface area contributed by atoms with E-state index in [1.807, 2.05) is 19.1 Å². The molecule has 0 bridgehead atoms. The van der Waals surface area contributed by atoms with Gasteiger partial charge in [0.1, 0.15) is 0 Å². The van der Waals surface area contributed by atoms with Gasteiger partial charge in [-0.15, -0.1) is 0 Å². The van der Waals surface area contributed by atoms with Crippen LogP contribution in [-0.4, -0.2) is 25.5 Å². The van der Waals surface area contributed by atoms with Crippen molar-refractivity contribution in [1.29, 1.82) is 0 Å². The SMILES string of the molecule is CCNC(=O)c1cc(N)ccc1N(CC)CC. The molecule has 0 aromatic heterocycles. The van der Waals surface area contributed by atoms with E-state index < -0.39 is 0 Å². The van der Waals surface area contributed by atoms with Crippen molar-refractivity contribution in [2.75, 3.05) is 30.3 Å². The van der Waals surface area contributed by atoms with Crippen molar-refractivity contribution in [2.24, 2.45) is 0 Å². The molecule has 0 spiro atoms. The fourth-order valence-corrected chi connectivity index (χ4v) is 1.83. The van der Waals surface area contributed by atoms with Gasteiger partial charge in [0.15, 0.2) is 0 Å². The Balaban J connectivity index is 3.15. The van der Waals surface area contributed by atoms with Crippen molar-refractivity contribution >= 4 is 17.3 Å². The van der Waals surface area contributed by atoms with Gasteiger partial charge in [-0.25, -0.2) is 0 Å². The Morgan fingerprint density at radius 3 is 2.47 bits per heavy atom. The lowest BCUT2D eigenvalue weighted by Crippen LogP contribution is -2.28. The highest BCUT2D eigenvalue weighted by Gasteiger charge is 2.14. The summed E-state index contributed by atoms with van der Waals surface area (Å²) in [7, 11) is 0. The fraction of sp³-hybridized carbons (Fsp3) is 0.462. The lowest BCUT2D eigenvalue weighted by Gasteiger charge is -2.24. The van der Waals surface area contributed by atoms with Crippen molar-refractivity contribution in [3.63, 3.8) is 0 Å². The zero-order valence-corrected chi connectivity index (χ0v) is 10.8. The molecule has 0 fully saturated rings. The van der Waals surface area contributed by atoms with Crippen LogP contribution >= 0.6 is 0 Å². The number of nitrogens with zero attached hydrogens (tertiary/aromatic N) is 1. The molecule has 0 aliphatic heterocycles. The Morgan fingerprint density at radius 2 is 1.94 bits per heavy atom. The predicted molar refractivity (Wildman–Crippen MR) is 72.4 cm³/mol. The Hall–Kier alpha value is -1.71. The third-order valence-electron chi connectivity index (χ3n) is 2.71. The molecule has 1 aromatic carbocycles. The Kier molecular flexibility index (Phi) is 4.82. The summed E-state index contributed by atoms with van der Waals surface area (Å²) in [6.45, 7) is 8.40. The van der Waals surface area contributed by atoms with Crippen molar-refractivity contribution in [1.82, 2.24) is 5.32 Å². The number of anilines is 2. The number of carbonyl (C=O) groups excluding carboxylic acids is 1. The van der Waals surface area contributed by atoms with E-state index in [1.54, 1.807) is 6.07 Å². The molecule has 0 heterocycles. The van der Waals surface area contributed by atoms with Crippen LogP contribution in [0.2, 0.25) is 0 Å². The van der Waals surface area contributed by atoms with Crippen LogP contribution in [0.25, 0.3) is 0 Å². The third-order valence-corrected chi connectivity index (χ3v) is 2.71. The van der Waals surface area contributed by atoms with Gasteiger partial charge in [-0.1, -0.05) is 0 Å². The van der Waals surface area contributed by atoms with Gasteiger partial charge in [0.25, 0.3) is 5.91 Å². The molecule has 0 saturated carbocycles. The van der Waals surface area contributed by atoms with Gasteiger partial charge < -0.3 is 16.0 Å². The second kappa shape index (κ2) is 6.13. The molecule has 4 heteroatoms. The predicted octanol–water partition coefficient (Wildman–Crippen LogP) is 1.86. The van der Waals surface area contributed by atoms with Gasteiger partial charge in [0.05, 0.1) is 5.56 Å². The zero-order valence-electron chi connectivity index (χ0n) is 10.8. The van der Waals surface area contributed by atoms with Crippen LogP contribution in [0.3, 0.4) is 0 Å². The quantitative estimate of drug-likeness (QED) is 0.766. The Morgan fingerprint density at radius 1 is 1.29 bits per heavy atom. The molecular formula is C13H21N3O. The third kappa shape index (κ3) is 3.12. The summed E-state index contributed by atoms with van der Waals surface area (Å²) in [5.74, 6) is -0.0679. The van der Waals surface area contributed by atoms with E-state index in [0.29, 0.717) is 17.8 Å². The molecule has 1 amide bonds. The van der Waals surface area contributed by atoms with Crippen molar-refractivity contribution in [2.45, 2.75) is 20.8 Å². The molecule has 0 radical (unpaired) electrons. The number of benzene rings is 1. The highest BCUT2D eigenvalue weighted by atomic mass is 16.1. The monoisotopic (exact) mass is 235 g/mol. The van der Waals surface area contributed by atoms with Crippen LogP contribution < -0.4 is 16.0 Å². The molecule has 0 atom stereocenters. The number of hydrogen-bond acceptors (Lipinski definition) is 3. The standard InChI is InChI=1S/C13H21N3O/c1-4-15-13(17)11-9-10(14)7-8-12(11)16(5-2)6-3/h7-9H,4-6,14H2,1-3H3,(H,15,17). The van der Waals surface area contributed by atoms with Crippen LogP contribution in [0.5, 0.6) is 0 Å². The first-order valence-corrected chi connectivity index (χ1v) is 6.06. The molecule has 17 heavy (non-hydrogen) atoms. The lowest BCUT2D eigenvalue weighted by molar-refractivity contribution is 0.0956. The second-order valence-corrected chi connectivity index (χ2v) is 3.81. The van der Waals surface area contributed by atoms with Gasteiger partial charge >= 0.3 is 0 Å². The minimum absolute atomic E-state index is 0.0679. The second-order valence-electron chi connectivity index (χ2n) is 3.81. The van der Waals surface area contributed by atoms with Gasteiger partial charge in [-0.05, 0) is 39.0 Å². The van der Waals surface area contributed by atoms with Crippen molar-refractivity contribution in [3.8, 4) is 0 Å². The van der Waals surface area contributed by atoms with E-state index in [4.69, 9.17) is 5.73 Å². The minimum atomic E-state index is -0.0679. The smallest absolute Gasteiger partial charge is 0.253 e. The largest absolute Gasteiger partial charge is 0.399 e. The summed E-state index contributed by atoms with van der Waals surface area (Å²) in [6.07, 6.45) is 0. The summed E-state index contributed by atoms with van der Waals surface area (Å²) in [6, 6.07) is 5.47. The van der Waals surface area contributed by atoms with E-state index in [9.17, 15) is 4.79 Å². The van der Waals surface area contributed by atoms with E-state index >= 15 is 0 Å². The molecule has 3 N–H and O–H groups in total. The zero-order chi connectivity index (χ0) is 12.8. The topological polar surface area (TPSA) is 58.4 Å². The first-order valence-electron chi connectivity index (χ1n) is 6.06. The molecule has 0 saturated heterocycles. The van der Waals surface area contributed by atoms with Gasteiger partial charge in [0.2, 0.25) is 0 Å². The number of nitrogens with one attached hydrogen (secondary N) is 1. The number of nitrogen functional groups attached to an aromatic ring is 1. The highest BCUT2D eigenvalue weighted by molar-refractivity contribution is 6.00. The van der Waals surface area contributed by atoms with E-state index in [2.05, 4.69) is 24.1 Å². The number of nitrogens with two attached hydrogens (primary N) is 1. The number of amides is 1. The van der Waals surface area contributed by atoms with Crippen molar-refractivity contribution in [3.05, 3.63) is 23.8 Å². The maximum Gasteiger partial charge on any atom is 0.253 e. The molecule has 1 aromatic rings. The van der Waals surface area contributed by atoms with Gasteiger partial charge in [-0.2, -0.15) is 0 Å². The fourth-order valence-electron chi connectivity index (χ4n) is 1.83. The molecule has 0 aliphatic rings. The van der Waals surface area contributed by atoms with Crippen molar-refractivity contribution < 1.29 is 4.79 Å². The Bertz CT molecular complexity index is 386. The number of rotatable bonds is 5. The average Bonchev–Trinajstić information content (AvgIpc) is 2.32. The van der Waals surface area contributed by atoms with Gasteiger partial charge in [0, 0.05) is 31.0 Å². The summed E-state index contributed by atoms with van der Waals surface area (Å²) in [5, 5.41) is 2.81. The molecule has 0 aliphatic carbocycles. The lowest BCUT2D eigenvalue weighted by atomic mass is 10.1. The van der Waals surface area contributed by atoms with Crippen LogP contribution in [0, 0.1) is 0 Å². The summed E-state index contributed by atoms with van der Waals surface area (Å²) in [5.41, 5.74) is 7.95. The van der Waals surface area contributed by atoms with Crippen LogP contribution in [-0.2, 0) is 0 Å². The maximum absolute atomic E-state index is 12.0. The van der Waals surface area contributed by atoms with Crippen LogP contribution in [0.1, 0.15) is 31.1 Å². The molecule has 0 unspecified atom stereocenters. The molecule has 94 valence electrons. The maximum atomic E-state index is 12.0.